The maximum absolute atomic E-state index is 12.1. The predicted molar refractivity (Wildman–Crippen MR) is 129 cm³/mol. The molecule has 3 N–H and O–H groups in total. The van der Waals surface area contributed by atoms with Crippen LogP contribution in [-0.4, -0.2) is 45.7 Å². The van der Waals surface area contributed by atoms with Crippen LogP contribution >= 0.6 is 24.0 Å². The number of carbonyl (C=O) groups is 1. The van der Waals surface area contributed by atoms with E-state index in [9.17, 15) is 4.79 Å². The monoisotopic (exact) mass is 518 g/mol. The number of methoxy groups -OCH3 is 1. The SMILES string of the molecule is CCOc1cc(NC(=NC)NCCNC(=O)CC2CCCCC2)ccc1OC.I. The number of anilines is 1. The van der Waals surface area contributed by atoms with Gasteiger partial charge in [-0.2, -0.15) is 0 Å². The zero-order valence-electron chi connectivity index (χ0n) is 17.8. The summed E-state index contributed by atoms with van der Waals surface area (Å²) in [5, 5.41) is 9.43. The van der Waals surface area contributed by atoms with Crippen molar-refractivity contribution in [3.05, 3.63) is 18.2 Å². The van der Waals surface area contributed by atoms with Gasteiger partial charge < -0.3 is 25.4 Å². The molecule has 1 aromatic rings. The molecule has 2 rings (SSSR count). The Morgan fingerprint density at radius 3 is 2.52 bits per heavy atom. The fraction of sp³-hybridized carbons (Fsp3) is 0.619. The van der Waals surface area contributed by atoms with Crippen molar-refractivity contribution in [1.29, 1.82) is 0 Å². The molecule has 0 unspecified atom stereocenters. The van der Waals surface area contributed by atoms with Crippen LogP contribution in [0.25, 0.3) is 0 Å². The second-order valence-corrected chi connectivity index (χ2v) is 6.98. The second kappa shape index (κ2) is 14.3. The number of rotatable bonds is 9. The van der Waals surface area contributed by atoms with Gasteiger partial charge in [-0.3, -0.25) is 9.79 Å². The van der Waals surface area contributed by atoms with Crippen LogP contribution in [0.3, 0.4) is 0 Å². The van der Waals surface area contributed by atoms with E-state index in [2.05, 4.69) is 20.9 Å². The molecule has 8 heteroatoms. The van der Waals surface area contributed by atoms with Gasteiger partial charge in [-0.1, -0.05) is 19.3 Å². The van der Waals surface area contributed by atoms with E-state index in [1.165, 1.54) is 32.1 Å². The van der Waals surface area contributed by atoms with E-state index < -0.39 is 0 Å². The lowest BCUT2D eigenvalue weighted by Gasteiger charge is -2.21. The Balaban J connectivity index is 0.00000420. The summed E-state index contributed by atoms with van der Waals surface area (Å²) in [6.07, 6.45) is 6.87. The summed E-state index contributed by atoms with van der Waals surface area (Å²) in [5.74, 6) is 2.71. The number of benzene rings is 1. The Morgan fingerprint density at radius 2 is 1.86 bits per heavy atom. The molecule has 0 bridgehead atoms. The highest BCUT2D eigenvalue weighted by Gasteiger charge is 2.16. The summed E-state index contributed by atoms with van der Waals surface area (Å²) in [6.45, 7) is 3.67. The van der Waals surface area contributed by atoms with Crippen LogP contribution in [0.2, 0.25) is 0 Å². The fourth-order valence-electron chi connectivity index (χ4n) is 3.45. The quantitative estimate of drug-likeness (QED) is 0.201. The maximum Gasteiger partial charge on any atom is 0.220 e. The van der Waals surface area contributed by atoms with Gasteiger partial charge in [0.05, 0.1) is 13.7 Å². The average Bonchev–Trinajstić information content (AvgIpc) is 2.71. The standard InChI is InChI=1S/C21H34N4O3.HI/c1-4-28-19-15-17(10-11-18(19)27-3)25-21(22-2)24-13-12-23-20(26)14-16-8-6-5-7-9-16;/h10-11,15-16H,4-9,12-14H2,1-3H3,(H,23,26)(H2,22,24,25);1H. The third kappa shape index (κ3) is 9.10. The number of nitrogens with zero attached hydrogens (tertiary/aromatic N) is 1. The summed E-state index contributed by atoms with van der Waals surface area (Å²) in [4.78, 5) is 16.3. The zero-order chi connectivity index (χ0) is 20.2. The molecule has 0 saturated heterocycles. The first-order valence-corrected chi connectivity index (χ1v) is 10.2. The van der Waals surface area contributed by atoms with E-state index in [1.807, 2.05) is 25.1 Å². The molecule has 0 radical (unpaired) electrons. The lowest BCUT2D eigenvalue weighted by Crippen LogP contribution is -2.38. The van der Waals surface area contributed by atoms with Gasteiger partial charge in [0.1, 0.15) is 0 Å². The minimum Gasteiger partial charge on any atom is -0.493 e. The normalized spacial score (nSPS) is 14.5. The number of nitrogens with one attached hydrogen (secondary N) is 3. The van der Waals surface area contributed by atoms with Crippen molar-refractivity contribution in [2.75, 3.05) is 39.2 Å². The van der Waals surface area contributed by atoms with E-state index in [0.29, 0.717) is 49.5 Å². The molecule has 1 saturated carbocycles. The Kier molecular flexibility index (Phi) is 12.5. The molecular formula is C21H35IN4O3. The van der Waals surface area contributed by atoms with Crippen LogP contribution in [0, 0.1) is 5.92 Å². The highest BCUT2D eigenvalue weighted by atomic mass is 127. The van der Waals surface area contributed by atoms with Gasteiger partial charge in [0, 0.05) is 38.3 Å². The van der Waals surface area contributed by atoms with Gasteiger partial charge in [0.15, 0.2) is 17.5 Å². The van der Waals surface area contributed by atoms with Crippen molar-refractivity contribution < 1.29 is 14.3 Å². The number of halogens is 1. The second-order valence-electron chi connectivity index (χ2n) is 6.98. The number of aliphatic imine (C=N–C) groups is 1. The molecule has 1 aliphatic rings. The number of carbonyl (C=O) groups excluding carboxylic acids is 1. The van der Waals surface area contributed by atoms with E-state index in [1.54, 1.807) is 14.2 Å². The molecule has 164 valence electrons. The van der Waals surface area contributed by atoms with E-state index >= 15 is 0 Å². The lowest BCUT2D eigenvalue weighted by molar-refractivity contribution is -0.122. The van der Waals surface area contributed by atoms with E-state index in [4.69, 9.17) is 9.47 Å². The smallest absolute Gasteiger partial charge is 0.220 e. The van der Waals surface area contributed by atoms with Crippen LogP contribution < -0.4 is 25.4 Å². The molecule has 1 amide bonds. The van der Waals surface area contributed by atoms with Crippen LogP contribution in [-0.2, 0) is 4.79 Å². The zero-order valence-corrected chi connectivity index (χ0v) is 20.1. The van der Waals surface area contributed by atoms with Crippen molar-refractivity contribution in [2.24, 2.45) is 10.9 Å². The van der Waals surface area contributed by atoms with Gasteiger partial charge in [-0.25, -0.2) is 0 Å². The number of ether oxygens (including phenoxy) is 2. The molecule has 0 atom stereocenters. The number of guanidine groups is 1. The molecule has 1 aliphatic carbocycles. The molecule has 0 heterocycles. The van der Waals surface area contributed by atoms with Crippen LogP contribution in [0.4, 0.5) is 5.69 Å². The Labute approximate surface area is 191 Å². The Morgan fingerprint density at radius 1 is 1.14 bits per heavy atom. The molecule has 7 nitrogen and oxygen atoms in total. The van der Waals surface area contributed by atoms with E-state index in [0.717, 1.165) is 5.69 Å². The summed E-state index contributed by atoms with van der Waals surface area (Å²) in [7, 11) is 3.33. The molecule has 0 aliphatic heterocycles. The van der Waals surface area contributed by atoms with Crippen molar-refractivity contribution in [1.82, 2.24) is 10.6 Å². The van der Waals surface area contributed by atoms with Crippen molar-refractivity contribution >= 4 is 41.5 Å². The fourth-order valence-corrected chi connectivity index (χ4v) is 3.45. The molecule has 0 aromatic heterocycles. The van der Waals surface area contributed by atoms with Gasteiger partial charge in [0.25, 0.3) is 0 Å². The summed E-state index contributed by atoms with van der Waals surface area (Å²) < 4.78 is 10.9. The maximum atomic E-state index is 12.1. The van der Waals surface area contributed by atoms with Crippen molar-refractivity contribution in [3.63, 3.8) is 0 Å². The van der Waals surface area contributed by atoms with Gasteiger partial charge >= 0.3 is 0 Å². The van der Waals surface area contributed by atoms with Gasteiger partial charge in [0.2, 0.25) is 5.91 Å². The highest BCUT2D eigenvalue weighted by molar-refractivity contribution is 14.0. The topological polar surface area (TPSA) is 84.0 Å². The predicted octanol–water partition coefficient (Wildman–Crippen LogP) is 3.79. The largest absolute Gasteiger partial charge is 0.493 e. The van der Waals surface area contributed by atoms with Crippen LogP contribution in [0.15, 0.2) is 23.2 Å². The molecule has 1 fully saturated rings. The van der Waals surface area contributed by atoms with Gasteiger partial charge in [-0.15, -0.1) is 24.0 Å². The first kappa shape index (κ1) is 25.3. The highest BCUT2D eigenvalue weighted by Crippen LogP contribution is 2.30. The third-order valence-electron chi connectivity index (χ3n) is 4.89. The summed E-state index contributed by atoms with van der Waals surface area (Å²) in [5.41, 5.74) is 0.846. The molecule has 1 aromatic carbocycles. The third-order valence-corrected chi connectivity index (χ3v) is 4.89. The lowest BCUT2D eigenvalue weighted by atomic mass is 9.87. The van der Waals surface area contributed by atoms with Gasteiger partial charge in [-0.05, 0) is 37.8 Å². The number of hydrogen-bond acceptors (Lipinski definition) is 4. The molecular weight excluding hydrogens is 483 g/mol. The van der Waals surface area contributed by atoms with Crippen LogP contribution in [0.1, 0.15) is 45.4 Å². The Bertz CT molecular complexity index is 649. The number of hydrogen-bond donors (Lipinski definition) is 3. The summed E-state index contributed by atoms with van der Waals surface area (Å²) >= 11 is 0. The van der Waals surface area contributed by atoms with Crippen molar-refractivity contribution in [3.8, 4) is 11.5 Å². The minimum absolute atomic E-state index is 0. The molecule has 29 heavy (non-hydrogen) atoms. The van der Waals surface area contributed by atoms with Crippen molar-refractivity contribution in [2.45, 2.75) is 45.4 Å². The first-order valence-electron chi connectivity index (χ1n) is 10.2. The van der Waals surface area contributed by atoms with E-state index in [-0.39, 0.29) is 29.9 Å². The van der Waals surface area contributed by atoms with Crippen LogP contribution in [0.5, 0.6) is 11.5 Å². The summed E-state index contributed by atoms with van der Waals surface area (Å²) in [6, 6.07) is 5.63. The molecule has 0 spiro atoms. The minimum atomic E-state index is 0. The number of amides is 1. The Hall–Kier alpha value is -1.71. The average molecular weight is 518 g/mol. The first-order chi connectivity index (χ1) is 13.7.